The molecule has 43 heavy (non-hydrogen) atoms. The molecular formula is C34H28N2O6S. The molecule has 0 radical (unpaired) electrons. The van der Waals surface area contributed by atoms with E-state index in [4.69, 9.17) is 9.47 Å². The molecule has 0 aromatic heterocycles. The smallest absolute Gasteiger partial charge is 0.266 e. The van der Waals surface area contributed by atoms with Crippen LogP contribution >= 0.6 is 0 Å². The van der Waals surface area contributed by atoms with Crippen LogP contribution in [0, 0.1) is 0 Å². The minimum Gasteiger partial charge on any atom is -0.489 e. The third-order valence-corrected chi connectivity index (χ3v) is 7.73. The van der Waals surface area contributed by atoms with Crippen LogP contribution in [0.5, 0.6) is 11.5 Å². The van der Waals surface area contributed by atoms with Crippen molar-refractivity contribution in [3.05, 3.63) is 156 Å². The molecule has 0 fully saturated rings. The number of rotatable bonds is 11. The van der Waals surface area contributed by atoms with Gasteiger partial charge in [0.2, 0.25) is 0 Å². The van der Waals surface area contributed by atoms with Gasteiger partial charge < -0.3 is 14.8 Å². The van der Waals surface area contributed by atoms with Crippen LogP contribution in [0.1, 0.15) is 31.8 Å². The Labute approximate surface area is 250 Å². The van der Waals surface area contributed by atoms with Gasteiger partial charge in [-0.15, -0.1) is 0 Å². The van der Waals surface area contributed by atoms with Crippen LogP contribution in [0.4, 0.5) is 5.69 Å². The van der Waals surface area contributed by atoms with E-state index in [-0.39, 0.29) is 21.7 Å². The molecule has 0 spiro atoms. The second kappa shape index (κ2) is 13.5. The number of hydrogen-bond donors (Lipinski definition) is 2. The fraction of sp³-hybridized carbons (Fsp3) is 0.0588. The number of nitrogens with one attached hydrogen (secondary N) is 2. The predicted molar refractivity (Wildman–Crippen MR) is 163 cm³/mol. The Morgan fingerprint density at radius 2 is 1.05 bits per heavy atom. The lowest BCUT2D eigenvalue weighted by molar-refractivity contribution is 0.0979. The first kappa shape index (κ1) is 29.1. The average molecular weight is 593 g/mol. The van der Waals surface area contributed by atoms with E-state index in [0.717, 1.165) is 11.1 Å². The molecule has 0 heterocycles. The number of sulfonamides is 1. The number of amides is 2. The van der Waals surface area contributed by atoms with Crippen molar-refractivity contribution in [2.45, 2.75) is 18.1 Å². The molecule has 9 heteroatoms. The van der Waals surface area contributed by atoms with Crippen molar-refractivity contribution in [3.63, 3.8) is 0 Å². The zero-order valence-corrected chi connectivity index (χ0v) is 23.8. The maximum atomic E-state index is 13.3. The summed E-state index contributed by atoms with van der Waals surface area (Å²) in [6.07, 6.45) is 0. The molecule has 2 amide bonds. The molecule has 5 rings (SSSR count). The standard InChI is InChI=1S/C34H28N2O6S/c37-33(27-15-9-17-29(21-27)41-23-25-11-3-1-4-12-25)35-31-19-7-8-20-32(31)43(39,40)36-34(38)28-16-10-18-30(22-28)42-24-26-13-5-2-6-14-26/h1-22H,23-24H2,(H,35,37)(H,36,38). The topological polar surface area (TPSA) is 111 Å². The van der Waals surface area contributed by atoms with Gasteiger partial charge in [0.1, 0.15) is 29.6 Å². The van der Waals surface area contributed by atoms with Gasteiger partial charge >= 0.3 is 0 Å². The highest BCUT2D eigenvalue weighted by molar-refractivity contribution is 7.90. The first-order valence-corrected chi connectivity index (χ1v) is 14.9. The number of anilines is 1. The molecule has 5 aromatic carbocycles. The van der Waals surface area contributed by atoms with E-state index in [1.54, 1.807) is 42.5 Å². The van der Waals surface area contributed by atoms with Crippen molar-refractivity contribution >= 4 is 27.5 Å². The Hall–Kier alpha value is -5.41. The highest BCUT2D eigenvalue weighted by Crippen LogP contribution is 2.24. The van der Waals surface area contributed by atoms with E-state index in [9.17, 15) is 18.0 Å². The lowest BCUT2D eigenvalue weighted by Gasteiger charge is -2.14. The number of benzene rings is 5. The Morgan fingerprint density at radius 1 is 0.558 bits per heavy atom. The number of hydrogen-bond acceptors (Lipinski definition) is 6. The molecule has 0 unspecified atom stereocenters. The van der Waals surface area contributed by atoms with Crippen LogP contribution in [0.15, 0.2) is 138 Å². The molecule has 2 N–H and O–H groups in total. The van der Waals surface area contributed by atoms with E-state index in [0.29, 0.717) is 24.7 Å². The van der Waals surface area contributed by atoms with Crippen LogP contribution in [0.3, 0.4) is 0 Å². The number of ether oxygens (including phenoxy) is 2. The SMILES string of the molecule is O=C(Nc1ccccc1S(=O)(=O)NC(=O)c1cccc(OCc2ccccc2)c1)c1cccc(OCc2ccccc2)c1. The van der Waals surface area contributed by atoms with Gasteiger partial charge in [-0.1, -0.05) is 84.9 Å². The van der Waals surface area contributed by atoms with Gasteiger partial charge in [-0.2, -0.15) is 0 Å². The van der Waals surface area contributed by atoms with Crippen molar-refractivity contribution in [2.75, 3.05) is 5.32 Å². The monoisotopic (exact) mass is 592 g/mol. The summed E-state index contributed by atoms with van der Waals surface area (Å²) in [5, 5.41) is 2.64. The van der Waals surface area contributed by atoms with Gasteiger partial charge in [0.15, 0.2) is 0 Å². The summed E-state index contributed by atoms with van der Waals surface area (Å²) in [6, 6.07) is 37.8. The zero-order valence-electron chi connectivity index (χ0n) is 23.0. The van der Waals surface area contributed by atoms with E-state index >= 15 is 0 Å². The second-order valence-electron chi connectivity index (χ2n) is 9.49. The Balaban J connectivity index is 1.26. The van der Waals surface area contributed by atoms with Crippen LogP contribution in [-0.4, -0.2) is 20.2 Å². The summed E-state index contributed by atoms with van der Waals surface area (Å²) < 4.78 is 40.2. The summed E-state index contributed by atoms with van der Waals surface area (Å²) in [5.74, 6) is -0.479. The van der Waals surface area contributed by atoms with Crippen molar-refractivity contribution in [1.29, 1.82) is 0 Å². The first-order valence-electron chi connectivity index (χ1n) is 13.4. The highest BCUT2D eigenvalue weighted by atomic mass is 32.2. The normalized spacial score (nSPS) is 10.9. The van der Waals surface area contributed by atoms with Crippen LogP contribution < -0.4 is 19.5 Å². The third kappa shape index (κ3) is 7.87. The fourth-order valence-electron chi connectivity index (χ4n) is 4.17. The van der Waals surface area contributed by atoms with Crippen molar-refractivity contribution < 1.29 is 27.5 Å². The third-order valence-electron chi connectivity index (χ3n) is 6.34. The largest absolute Gasteiger partial charge is 0.489 e. The molecule has 0 aliphatic carbocycles. The van der Waals surface area contributed by atoms with Gasteiger partial charge in [-0.05, 0) is 59.7 Å². The molecule has 0 saturated carbocycles. The molecule has 0 aliphatic rings. The minimum absolute atomic E-state index is 0.0170. The van der Waals surface area contributed by atoms with Gasteiger partial charge in [0.25, 0.3) is 21.8 Å². The summed E-state index contributed by atoms with van der Waals surface area (Å²) in [7, 11) is -4.36. The van der Waals surface area contributed by atoms with Gasteiger partial charge in [-0.3, -0.25) is 9.59 Å². The summed E-state index contributed by atoms with van der Waals surface area (Å²) in [4.78, 5) is 25.8. The molecule has 8 nitrogen and oxygen atoms in total. The molecule has 0 aliphatic heterocycles. The fourth-order valence-corrected chi connectivity index (χ4v) is 5.31. The van der Waals surface area contributed by atoms with Crippen molar-refractivity contribution in [3.8, 4) is 11.5 Å². The van der Waals surface area contributed by atoms with Crippen LogP contribution in [0.25, 0.3) is 0 Å². The van der Waals surface area contributed by atoms with E-state index in [1.807, 2.05) is 60.7 Å². The lowest BCUT2D eigenvalue weighted by Crippen LogP contribution is -2.31. The number of para-hydroxylation sites is 1. The maximum absolute atomic E-state index is 13.3. The Kier molecular flexibility index (Phi) is 9.14. The first-order chi connectivity index (χ1) is 20.9. The number of carbonyl (C=O) groups is 2. The Morgan fingerprint density at radius 3 is 1.60 bits per heavy atom. The second-order valence-corrected chi connectivity index (χ2v) is 11.1. The van der Waals surface area contributed by atoms with Gasteiger partial charge in [0, 0.05) is 11.1 Å². The summed E-state index contributed by atoms with van der Waals surface area (Å²) >= 11 is 0. The minimum atomic E-state index is -4.36. The summed E-state index contributed by atoms with van der Waals surface area (Å²) in [5.41, 5.74) is 2.32. The molecular weight excluding hydrogens is 564 g/mol. The molecule has 0 atom stereocenters. The lowest BCUT2D eigenvalue weighted by atomic mass is 10.2. The van der Waals surface area contributed by atoms with Gasteiger partial charge in [0.05, 0.1) is 5.69 Å². The maximum Gasteiger partial charge on any atom is 0.266 e. The molecule has 0 bridgehead atoms. The highest BCUT2D eigenvalue weighted by Gasteiger charge is 2.23. The molecule has 0 saturated heterocycles. The molecule has 216 valence electrons. The van der Waals surface area contributed by atoms with Crippen molar-refractivity contribution in [1.82, 2.24) is 4.72 Å². The average Bonchev–Trinajstić information content (AvgIpc) is 3.04. The van der Waals surface area contributed by atoms with E-state index in [2.05, 4.69) is 10.0 Å². The van der Waals surface area contributed by atoms with Crippen LogP contribution in [0.2, 0.25) is 0 Å². The number of carbonyl (C=O) groups excluding carboxylic acids is 2. The summed E-state index contributed by atoms with van der Waals surface area (Å²) in [6.45, 7) is 0.619. The predicted octanol–water partition coefficient (Wildman–Crippen LogP) is 6.22. The van der Waals surface area contributed by atoms with Crippen LogP contribution in [-0.2, 0) is 23.2 Å². The van der Waals surface area contributed by atoms with Crippen molar-refractivity contribution in [2.24, 2.45) is 0 Å². The van der Waals surface area contributed by atoms with E-state index in [1.165, 1.54) is 30.3 Å². The molecule has 5 aromatic rings. The Bertz CT molecular complexity index is 1830. The van der Waals surface area contributed by atoms with Gasteiger partial charge in [-0.25, -0.2) is 13.1 Å². The van der Waals surface area contributed by atoms with E-state index < -0.39 is 21.8 Å². The zero-order chi connectivity index (χ0) is 30.1. The quantitative estimate of drug-likeness (QED) is 0.189.